The van der Waals surface area contributed by atoms with Crippen LogP contribution in [0, 0.1) is 0 Å². The van der Waals surface area contributed by atoms with Crippen LogP contribution in [-0.2, 0) is 11.3 Å². The van der Waals surface area contributed by atoms with E-state index in [1.807, 2.05) is 0 Å². The Morgan fingerprint density at radius 1 is 1.42 bits per heavy atom. The van der Waals surface area contributed by atoms with Gasteiger partial charge in [0.05, 0.1) is 24.8 Å². The Morgan fingerprint density at radius 2 is 2.27 bits per heavy atom. The second kappa shape index (κ2) is 8.15. The molecule has 1 aliphatic rings. The number of urea groups is 1. The third-order valence-electron chi connectivity index (χ3n) is 4.11. The molecule has 1 aromatic carbocycles. The molecule has 1 aliphatic heterocycles. The smallest absolute Gasteiger partial charge is 0.319 e. The van der Waals surface area contributed by atoms with Crippen LogP contribution in [0.3, 0.4) is 0 Å². The Morgan fingerprint density at radius 3 is 3.04 bits per heavy atom. The molecule has 1 fully saturated rings. The lowest BCUT2D eigenvalue weighted by atomic mass is 10.1. The zero-order valence-electron chi connectivity index (χ0n) is 14.2. The van der Waals surface area contributed by atoms with Crippen molar-refractivity contribution in [3.8, 4) is 0 Å². The van der Waals surface area contributed by atoms with E-state index in [4.69, 9.17) is 11.6 Å². The standard InChI is InChI=1S/C16H20ClN7O2/c1-18-15(25)14-6-13(8-19-14)24-9-12(22-23-24)7-20-16(26)21-11-4-2-3-10(17)5-11/h2-5,9,13-14,19H,6-8H2,1H3,(H,18,25)(H2,20,21,26)/t13-,14-/m0/s1. The molecule has 138 valence electrons. The molecular weight excluding hydrogens is 358 g/mol. The van der Waals surface area contributed by atoms with Gasteiger partial charge >= 0.3 is 6.03 Å². The van der Waals surface area contributed by atoms with Crippen LogP contribution in [0.5, 0.6) is 0 Å². The van der Waals surface area contributed by atoms with Gasteiger partial charge in [-0.1, -0.05) is 22.9 Å². The summed E-state index contributed by atoms with van der Waals surface area (Å²) in [6.07, 6.45) is 2.42. The molecule has 1 aromatic heterocycles. The van der Waals surface area contributed by atoms with Crippen molar-refractivity contribution in [3.63, 3.8) is 0 Å². The predicted octanol–water partition coefficient (Wildman–Crippen LogP) is 0.902. The van der Waals surface area contributed by atoms with Gasteiger partial charge in [0.15, 0.2) is 0 Å². The van der Waals surface area contributed by atoms with Gasteiger partial charge in [-0.3, -0.25) is 4.79 Å². The van der Waals surface area contributed by atoms with Gasteiger partial charge in [-0.15, -0.1) is 5.10 Å². The van der Waals surface area contributed by atoms with E-state index in [9.17, 15) is 9.59 Å². The van der Waals surface area contributed by atoms with Gasteiger partial charge in [-0.25, -0.2) is 9.48 Å². The maximum atomic E-state index is 11.9. The fraction of sp³-hybridized carbons (Fsp3) is 0.375. The number of carbonyl (C=O) groups is 2. The molecule has 26 heavy (non-hydrogen) atoms. The SMILES string of the molecule is CNC(=O)[C@@H]1C[C@H](n2cc(CNC(=O)Nc3cccc(Cl)c3)nn2)CN1. The van der Waals surface area contributed by atoms with Crippen LogP contribution < -0.4 is 21.3 Å². The number of rotatable bonds is 5. The van der Waals surface area contributed by atoms with E-state index in [-0.39, 0.29) is 30.6 Å². The van der Waals surface area contributed by atoms with Crippen molar-refractivity contribution in [2.24, 2.45) is 0 Å². The average Bonchev–Trinajstić information content (AvgIpc) is 3.28. The molecule has 3 amide bonds. The van der Waals surface area contributed by atoms with Crippen LogP contribution in [-0.4, -0.2) is 46.6 Å². The molecule has 10 heteroatoms. The third kappa shape index (κ3) is 4.50. The first-order chi connectivity index (χ1) is 12.5. The highest BCUT2D eigenvalue weighted by Gasteiger charge is 2.30. The Labute approximate surface area is 155 Å². The lowest BCUT2D eigenvalue weighted by molar-refractivity contribution is -0.122. The molecule has 2 aromatic rings. The number of amides is 3. The minimum Gasteiger partial charge on any atom is -0.358 e. The summed E-state index contributed by atoms with van der Waals surface area (Å²) in [7, 11) is 1.62. The summed E-state index contributed by atoms with van der Waals surface area (Å²) in [5, 5.41) is 19.9. The van der Waals surface area contributed by atoms with Crippen LogP contribution in [0.2, 0.25) is 5.02 Å². The van der Waals surface area contributed by atoms with Crippen molar-refractivity contribution in [2.45, 2.75) is 25.0 Å². The van der Waals surface area contributed by atoms with E-state index in [0.717, 1.165) is 0 Å². The van der Waals surface area contributed by atoms with Gasteiger partial charge in [0.2, 0.25) is 5.91 Å². The summed E-state index contributed by atoms with van der Waals surface area (Å²) in [5.41, 5.74) is 1.24. The van der Waals surface area contributed by atoms with Crippen LogP contribution in [0.4, 0.5) is 10.5 Å². The highest BCUT2D eigenvalue weighted by molar-refractivity contribution is 6.30. The number of likely N-dealkylation sites (N-methyl/N-ethyl adjacent to an activating group) is 1. The lowest BCUT2D eigenvalue weighted by Gasteiger charge is -2.09. The van der Waals surface area contributed by atoms with Crippen LogP contribution in [0.25, 0.3) is 0 Å². The van der Waals surface area contributed by atoms with Gasteiger partial charge in [0.1, 0.15) is 5.69 Å². The van der Waals surface area contributed by atoms with Gasteiger partial charge in [-0.2, -0.15) is 0 Å². The van der Waals surface area contributed by atoms with E-state index < -0.39 is 0 Å². The molecule has 0 unspecified atom stereocenters. The molecule has 0 saturated carbocycles. The normalized spacial score (nSPS) is 19.2. The Hall–Kier alpha value is -2.65. The topological polar surface area (TPSA) is 113 Å². The molecule has 0 spiro atoms. The van der Waals surface area contributed by atoms with E-state index in [1.54, 1.807) is 42.2 Å². The minimum absolute atomic E-state index is 0.0350. The zero-order chi connectivity index (χ0) is 18.5. The molecular formula is C16H20ClN7O2. The van der Waals surface area contributed by atoms with E-state index in [1.165, 1.54) is 0 Å². The monoisotopic (exact) mass is 377 g/mol. The predicted molar refractivity (Wildman–Crippen MR) is 96.8 cm³/mol. The number of hydrogen-bond donors (Lipinski definition) is 4. The average molecular weight is 378 g/mol. The Kier molecular flexibility index (Phi) is 5.69. The molecule has 3 rings (SSSR count). The van der Waals surface area contributed by atoms with Gasteiger partial charge in [0, 0.05) is 24.3 Å². The van der Waals surface area contributed by atoms with Crippen molar-refractivity contribution in [1.82, 2.24) is 30.9 Å². The van der Waals surface area contributed by atoms with Crippen LogP contribution in [0.1, 0.15) is 18.2 Å². The minimum atomic E-state index is -0.357. The number of benzene rings is 1. The van der Waals surface area contributed by atoms with Crippen molar-refractivity contribution >= 4 is 29.2 Å². The number of nitrogens with zero attached hydrogens (tertiary/aromatic N) is 3. The first kappa shape index (κ1) is 18.2. The molecule has 2 atom stereocenters. The maximum absolute atomic E-state index is 11.9. The van der Waals surface area contributed by atoms with Gasteiger partial charge in [0.25, 0.3) is 0 Å². The molecule has 9 nitrogen and oxygen atoms in total. The van der Waals surface area contributed by atoms with Gasteiger partial charge in [-0.05, 0) is 24.6 Å². The number of anilines is 1. The number of aromatic nitrogens is 3. The summed E-state index contributed by atoms with van der Waals surface area (Å²) in [4.78, 5) is 23.6. The molecule has 1 saturated heterocycles. The van der Waals surface area contributed by atoms with Crippen molar-refractivity contribution in [1.29, 1.82) is 0 Å². The molecule has 0 radical (unpaired) electrons. The van der Waals surface area contributed by atoms with E-state index in [0.29, 0.717) is 29.4 Å². The second-order valence-corrected chi connectivity index (χ2v) is 6.41. The first-order valence-electron chi connectivity index (χ1n) is 8.21. The van der Waals surface area contributed by atoms with Crippen molar-refractivity contribution < 1.29 is 9.59 Å². The van der Waals surface area contributed by atoms with Crippen molar-refractivity contribution in [2.75, 3.05) is 18.9 Å². The molecule has 4 N–H and O–H groups in total. The summed E-state index contributed by atoms with van der Waals surface area (Å²) in [6, 6.07) is 6.37. The zero-order valence-corrected chi connectivity index (χ0v) is 15.0. The largest absolute Gasteiger partial charge is 0.358 e. The second-order valence-electron chi connectivity index (χ2n) is 5.97. The number of nitrogens with one attached hydrogen (secondary N) is 4. The Balaban J connectivity index is 1.49. The summed E-state index contributed by atoms with van der Waals surface area (Å²) in [6.45, 7) is 0.884. The summed E-state index contributed by atoms with van der Waals surface area (Å²) < 4.78 is 1.72. The van der Waals surface area contributed by atoms with E-state index in [2.05, 4.69) is 31.6 Å². The Bertz CT molecular complexity index is 794. The lowest BCUT2D eigenvalue weighted by Crippen LogP contribution is -2.38. The molecule has 2 heterocycles. The quantitative estimate of drug-likeness (QED) is 0.618. The molecule has 0 aliphatic carbocycles. The number of hydrogen-bond acceptors (Lipinski definition) is 5. The fourth-order valence-electron chi connectivity index (χ4n) is 2.78. The first-order valence-corrected chi connectivity index (χ1v) is 8.59. The summed E-state index contributed by atoms with van der Waals surface area (Å²) >= 11 is 5.88. The number of carbonyl (C=O) groups excluding carboxylic acids is 2. The third-order valence-corrected chi connectivity index (χ3v) is 4.35. The van der Waals surface area contributed by atoms with Gasteiger partial charge < -0.3 is 21.3 Å². The number of halogens is 1. The summed E-state index contributed by atoms with van der Waals surface area (Å²) in [5.74, 6) is -0.0350. The highest BCUT2D eigenvalue weighted by Crippen LogP contribution is 2.19. The van der Waals surface area contributed by atoms with E-state index >= 15 is 0 Å². The fourth-order valence-corrected chi connectivity index (χ4v) is 2.97. The molecule has 0 bridgehead atoms. The van der Waals surface area contributed by atoms with Crippen molar-refractivity contribution in [3.05, 3.63) is 41.2 Å². The highest BCUT2D eigenvalue weighted by atomic mass is 35.5. The maximum Gasteiger partial charge on any atom is 0.319 e. The van der Waals surface area contributed by atoms with Crippen LogP contribution in [0.15, 0.2) is 30.5 Å². The van der Waals surface area contributed by atoms with Crippen LogP contribution >= 0.6 is 11.6 Å².